The van der Waals surface area contributed by atoms with Gasteiger partial charge < -0.3 is 11.1 Å². The van der Waals surface area contributed by atoms with Gasteiger partial charge in [-0.25, -0.2) is 4.39 Å². The average molecular weight is 351 g/mol. The molecule has 3 N–H and O–H groups in total. The van der Waals surface area contributed by atoms with Crippen molar-refractivity contribution in [1.29, 1.82) is 0 Å². The van der Waals surface area contributed by atoms with E-state index in [1.807, 2.05) is 51.1 Å². The molecule has 3 nitrogen and oxygen atoms in total. The Hall–Kier alpha value is -1.91. The molecule has 0 radical (unpaired) electrons. The molecule has 2 aromatic rings. The van der Waals surface area contributed by atoms with Gasteiger partial charge in [0.25, 0.3) is 0 Å². The van der Waals surface area contributed by atoms with Crippen LogP contribution in [0.25, 0.3) is 0 Å². The number of amides is 1. The van der Waals surface area contributed by atoms with E-state index in [1.165, 1.54) is 12.1 Å². The van der Waals surface area contributed by atoms with Gasteiger partial charge >= 0.3 is 0 Å². The van der Waals surface area contributed by atoms with Gasteiger partial charge in [0, 0.05) is 12.0 Å². The number of hydrogen-bond donors (Lipinski definition) is 2. The number of carbonyl (C=O) groups excluding carboxylic acids is 1. The van der Waals surface area contributed by atoms with E-state index in [9.17, 15) is 9.18 Å². The van der Waals surface area contributed by atoms with E-state index in [4.69, 9.17) is 5.73 Å². The fourth-order valence-electron chi connectivity index (χ4n) is 2.35. The lowest BCUT2D eigenvalue weighted by atomic mass is 9.84. The third-order valence-corrected chi connectivity index (χ3v) is 4.03. The minimum absolute atomic E-state index is 0. The SMILES string of the molecule is Cc1ccc(C(N)C(=O)NCC(C)(C)c2cccc(F)c2)cc1.Cl. The summed E-state index contributed by atoms with van der Waals surface area (Å²) in [6.45, 7) is 6.28. The summed E-state index contributed by atoms with van der Waals surface area (Å²) in [7, 11) is 0. The van der Waals surface area contributed by atoms with E-state index in [0.29, 0.717) is 6.54 Å². The highest BCUT2D eigenvalue weighted by molar-refractivity contribution is 5.85. The smallest absolute Gasteiger partial charge is 0.241 e. The van der Waals surface area contributed by atoms with E-state index in [1.54, 1.807) is 6.07 Å². The van der Waals surface area contributed by atoms with Gasteiger partial charge in [0.1, 0.15) is 11.9 Å². The Labute approximate surface area is 148 Å². The lowest BCUT2D eigenvalue weighted by Crippen LogP contribution is -2.41. The Bertz CT molecular complexity index is 686. The Balaban J connectivity index is 0.00000288. The van der Waals surface area contributed by atoms with Gasteiger partial charge in [-0.2, -0.15) is 0 Å². The summed E-state index contributed by atoms with van der Waals surface area (Å²) in [5.74, 6) is -0.517. The highest BCUT2D eigenvalue weighted by atomic mass is 35.5. The highest BCUT2D eigenvalue weighted by Gasteiger charge is 2.24. The standard InChI is InChI=1S/C19H23FN2O.ClH/c1-13-7-9-14(10-8-13)17(21)18(23)22-12-19(2,3)15-5-4-6-16(20)11-15;/h4-11,17H,12,21H2,1-3H3,(H,22,23);1H. The second-order valence-electron chi connectivity index (χ2n) is 6.50. The molecule has 2 rings (SSSR count). The van der Waals surface area contributed by atoms with E-state index in [2.05, 4.69) is 5.32 Å². The lowest BCUT2D eigenvalue weighted by Gasteiger charge is -2.26. The summed E-state index contributed by atoms with van der Waals surface area (Å²) in [6, 6.07) is 13.3. The van der Waals surface area contributed by atoms with Gasteiger partial charge in [0.05, 0.1) is 0 Å². The lowest BCUT2D eigenvalue weighted by molar-refractivity contribution is -0.122. The number of benzene rings is 2. The number of halogens is 2. The van der Waals surface area contributed by atoms with Gasteiger partial charge in [-0.1, -0.05) is 55.8 Å². The fourth-order valence-corrected chi connectivity index (χ4v) is 2.35. The molecule has 130 valence electrons. The van der Waals surface area contributed by atoms with Gasteiger partial charge in [0.2, 0.25) is 5.91 Å². The molecule has 0 fully saturated rings. The maximum Gasteiger partial charge on any atom is 0.241 e. The number of nitrogens with two attached hydrogens (primary N) is 1. The zero-order chi connectivity index (χ0) is 17.0. The summed E-state index contributed by atoms with van der Waals surface area (Å²) in [6.07, 6.45) is 0. The van der Waals surface area contributed by atoms with Crippen LogP contribution in [0.5, 0.6) is 0 Å². The first-order chi connectivity index (χ1) is 10.8. The molecule has 0 aliphatic heterocycles. The van der Waals surface area contributed by atoms with Gasteiger partial charge in [-0.15, -0.1) is 12.4 Å². The monoisotopic (exact) mass is 350 g/mol. The first-order valence-corrected chi connectivity index (χ1v) is 7.65. The van der Waals surface area contributed by atoms with Crippen molar-refractivity contribution in [3.8, 4) is 0 Å². The van der Waals surface area contributed by atoms with Crippen molar-refractivity contribution in [2.75, 3.05) is 6.54 Å². The van der Waals surface area contributed by atoms with Crippen LogP contribution in [0, 0.1) is 12.7 Å². The van der Waals surface area contributed by atoms with Gasteiger partial charge in [-0.3, -0.25) is 4.79 Å². The molecule has 0 aliphatic rings. The van der Waals surface area contributed by atoms with Crippen molar-refractivity contribution in [2.45, 2.75) is 32.2 Å². The summed E-state index contributed by atoms with van der Waals surface area (Å²) in [5.41, 5.74) is 8.35. The number of hydrogen-bond acceptors (Lipinski definition) is 2. The van der Waals surface area contributed by atoms with Crippen LogP contribution in [-0.4, -0.2) is 12.5 Å². The molecule has 24 heavy (non-hydrogen) atoms. The predicted octanol–water partition coefficient (Wildman–Crippen LogP) is 3.65. The third-order valence-electron chi connectivity index (χ3n) is 4.03. The maximum absolute atomic E-state index is 13.4. The molecule has 1 amide bonds. The molecule has 1 atom stereocenters. The molecule has 0 aliphatic carbocycles. The summed E-state index contributed by atoms with van der Waals surface area (Å²) >= 11 is 0. The van der Waals surface area contributed by atoms with E-state index in [-0.39, 0.29) is 29.5 Å². The van der Waals surface area contributed by atoms with E-state index in [0.717, 1.165) is 16.7 Å². The second-order valence-corrected chi connectivity index (χ2v) is 6.50. The van der Waals surface area contributed by atoms with Crippen molar-refractivity contribution < 1.29 is 9.18 Å². The van der Waals surface area contributed by atoms with Crippen LogP contribution in [0.3, 0.4) is 0 Å². The largest absolute Gasteiger partial charge is 0.354 e. The minimum atomic E-state index is -0.709. The number of rotatable bonds is 5. The van der Waals surface area contributed by atoms with Crippen LogP contribution in [-0.2, 0) is 10.2 Å². The summed E-state index contributed by atoms with van der Waals surface area (Å²) in [5, 5.41) is 2.87. The van der Waals surface area contributed by atoms with Crippen LogP contribution in [0.15, 0.2) is 48.5 Å². The summed E-state index contributed by atoms with van der Waals surface area (Å²) < 4.78 is 13.4. The van der Waals surface area contributed by atoms with E-state index >= 15 is 0 Å². The number of carbonyl (C=O) groups is 1. The maximum atomic E-state index is 13.4. The van der Waals surface area contributed by atoms with Crippen LogP contribution in [0.1, 0.15) is 36.6 Å². The van der Waals surface area contributed by atoms with Crippen molar-refractivity contribution in [3.63, 3.8) is 0 Å². The van der Waals surface area contributed by atoms with Crippen LogP contribution < -0.4 is 11.1 Å². The molecule has 0 bridgehead atoms. The minimum Gasteiger partial charge on any atom is -0.354 e. The molecule has 5 heteroatoms. The highest BCUT2D eigenvalue weighted by Crippen LogP contribution is 2.23. The summed E-state index contributed by atoms with van der Waals surface area (Å²) in [4.78, 5) is 12.3. The quantitative estimate of drug-likeness (QED) is 0.864. The Morgan fingerprint density at radius 1 is 1.21 bits per heavy atom. The first-order valence-electron chi connectivity index (χ1n) is 7.65. The van der Waals surface area contributed by atoms with E-state index < -0.39 is 6.04 Å². The topological polar surface area (TPSA) is 55.1 Å². The van der Waals surface area contributed by atoms with Crippen LogP contribution in [0.4, 0.5) is 4.39 Å². The first kappa shape index (κ1) is 20.1. The Morgan fingerprint density at radius 2 is 1.83 bits per heavy atom. The predicted molar refractivity (Wildman–Crippen MR) is 97.8 cm³/mol. The normalized spacial score (nSPS) is 12.2. The zero-order valence-electron chi connectivity index (χ0n) is 14.2. The second kappa shape index (κ2) is 8.27. The van der Waals surface area contributed by atoms with Crippen molar-refractivity contribution >= 4 is 18.3 Å². The Morgan fingerprint density at radius 3 is 2.42 bits per heavy atom. The molecule has 0 saturated carbocycles. The molecular weight excluding hydrogens is 327 g/mol. The molecule has 2 aromatic carbocycles. The average Bonchev–Trinajstić information content (AvgIpc) is 2.53. The van der Waals surface area contributed by atoms with Crippen molar-refractivity contribution in [3.05, 3.63) is 71.0 Å². The van der Waals surface area contributed by atoms with Gasteiger partial charge in [0.15, 0.2) is 0 Å². The van der Waals surface area contributed by atoms with Crippen LogP contribution in [0.2, 0.25) is 0 Å². The number of nitrogens with one attached hydrogen (secondary N) is 1. The van der Waals surface area contributed by atoms with Gasteiger partial charge in [-0.05, 0) is 30.2 Å². The molecular formula is C19H24ClFN2O. The molecule has 1 unspecified atom stereocenters. The molecule has 0 heterocycles. The molecule has 0 aromatic heterocycles. The van der Waals surface area contributed by atoms with Crippen molar-refractivity contribution in [2.24, 2.45) is 5.73 Å². The molecule has 0 saturated heterocycles. The third kappa shape index (κ3) is 5.05. The number of aryl methyl sites for hydroxylation is 1. The fraction of sp³-hybridized carbons (Fsp3) is 0.316. The molecule has 0 spiro atoms. The van der Waals surface area contributed by atoms with Crippen LogP contribution >= 0.6 is 12.4 Å². The van der Waals surface area contributed by atoms with Crippen molar-refractivity contribution in [1.82, 2.24) is 5.32 Å². The Kier molecular flexibility index (Phi) is 6.93. The zero-order valence-corrected chi connectivity index (χ0v) is 15.0.